The summed E-state index contributed by atoms with van der Waals surface area (Å²) in [6.07, 6.45) is 3.71. The van der Waals surface area contributed by atoms with Crippen LogP contribution in [0.25, 0.3) is 16.5 Å². The Balaban J connectivity index is 2.34. The molecule has 0 saturated carbocycles. The van der Waals surface area contributed by atoms with Crippen LogP contribution in [0, 0.1) is 6.92 Å². The summed E-state index contributed by atoms with van der Waals surface area (Å²) in [7, 11) is 0. The van der Waals surface area contributed by atoms with Gasteiger partial charge in [0.15, 0.2) is 0 Å². The van der Waals surface area contributed by atoms with E-state index in [2.05, 4.69) is 5.32 Å². The number of rotatable bonds is 7. The Morgan fingerprint density at radius 2 is 1.96 bits per heavy atom. The van der Waals surface area contributed by atoms with E-state index in [1.54, 1.807) is 18.2 Å². The summed E-state index contributed by atoms with van der Waals surface area (Å²) < 4.78 is 0. The Hall–Kier alpha value is -3.17. The first kappa shape index (κ1) is 20.1. The lowest BCUT2D eigenvalue weighted by Crippen LogP contribution is -2.29. The minimum absolute atomic E-state index is 0.180. The minimum Gasteiger partial charge on any atom is -0.480 e. The fraction of sp³-hybridized carbons (Fsp3) is 0.167. The summed E-state index contributed by atoms with van der Waals surface area (Å²) in [5.74, 6) is -1.73. The number of hydrogen-bond donors (Lipinski definition) is 5. The highest BCUT2D eigenvalue weighted by atomic mass is 32.1. The van der Waals surface area contributed by atoms with Crippen molar-refractivity contribution in [3.63, 3.8) is 0 Å². The van der Waals surface area contributed by atoms with Gasteiger partial charge in [-0.2, -0.15) is 0 Å². The van der Waals surface area contributed by atoms with Gasteiger partial charge in [0.05, 0.1) is 5.56 Å². The number of primary amides is 2. The summed E-state index contributed by atoms with van der Waals surface area (Å²) in [6, 6.07) is 5.52. The molecule has 27 heavy (non-hydrogen) atoms. The molecule has 3 amide bonds. The molecule has 9 heteroatoms. The van der Waals surface area contributed by atoms with Gasteiger partial charge < -0.3 is 22.3 Å². The second-order valence-corrected chi connectivity index (χ2v) is 6.91. The molecule has 1 atom stereocenters. The van der Waals surface area contributed by atoms with Gasteiger partial charge in [0.1, 0.15) is 11.0 Å². The van der Waals surface area contributed by atoms with E-state index < -0.39 is 23.9 Å². The lowest BCUT2D eigenvalue weighted by molar-refractivity contribution is -0.138. The van der Waals surface area contributed by atoms with Crippen molar-refractivity contribution in [2.45, 2.75) is 19.4 Å². The fourth-order valence-electron chi connectivity index (χ4n) is 2.34. The van der Waals surface area contributed by atoms with E-state index >= 15 is 0 Å². The van der Waals surface area contributed by atoms with Crippen LogP contribution in [-0.2, 0) is 4.79 Å². The number of amides is 3. The zero-order valence-corrected chi connectivity index (χ0v) is 15.4. The molecule has 1 aromatic heterocycles. The van der Waals surface area contributed by atoms with Crippen LogP contribution in [0.4, 0.5) is 9.80 Å². The maximum Gasteiger partial charge on any atom is 0.320 e. The van der Waals surface area contributed by atoms with Crippen molar-refractivity contribution in [1.82, 2.24) is 0 Å². The molecule has 0 unspecified atom stereocenters. The number of hydrogen-bond acceptors (Lipinski definition) is 5. The summed E-state index contributed by atoms with van der Waals surface area (Å²) in [6.45, 7) is 1.92. The van der Waals surface area contributed by atoms with Crippen LogP contribution in [0.1, 0.15) is 27.9 Å². The van der Waals surface area contributed by atoms with Crippen LogP contribution in [0.5, 0.6) is 0 Å². The molecule has 0 aliphatic carbocycles. The molecular formula is C18H20N4O4S. The smallest absolute Gasteiger partial charge is 0.320 e. The van der Waals surface area contributed by atoms with Gasteiger partial charge in [-0.15, -0.1) is 11.3 Å². The average molecular weight is 388 g/mol. The second-order valence-electron chi connectivity index (χ2n) is 5.86. The quantitative estimate of drug-likeness (QED) is 0.490. The lowest BCUT2D eigenvalue weighted by Gasteiger charge is -2.05. The number of aryl methyl sites for hydroxylation is 1. The Morgan fingerprint density at radius 1 is 1.26 bits per heavy atom. The SMILES string of the molecule is Cc1ccc(-c2cc(C(N)=O)c(NC(N)=O)s2)cc1C=CC[C@H](N)C(=O)O. The number of carboxylic acids is 1. The second kappa shape index (κ2) is 8.47. The van der Waals surface area contributed by atoms with E-state index in [4.69, 9.17) is 22.3 Å². The number of aliphatic carboxylic acids is 1. The molecule has 0 radical (unpaired) electrons. The number of nitrogens with one attached hydrogen (secondary N) is 1. The number of thiophene rings is 1. The first-order valence-electron chi connectivity index (χ1n) is 7.95. The number of carbonyl (C=O) groups is 3. The summed E-state index contributed by atoms with van der Waals surface area (Å²) in [4.78, 5) is 34.2. The Bertz CT molecular complexity index is 920. The highest BCUT2D eigenvalue weighted by Gasteiger charge is 2.16. The highest BCUT2D eigenvalue weighted by Crippen LogP contribution is 2.36. The predicted molar refractivity (Wildman–Crippen MR) is 105 cm³/mol. The van der Waals surface area contributed by atoms with Gasteiger partial charge in [-0.05, 0) is 42.2 Å². The van der Waals surface area contributed by atoms with Crippen molar-refractivity contribution in [3.8, 4) is 10.4 Å². The van der Waals surface area contributed by atoms with Crippen molar-refractivity contribution < 1.29 is 19.5 Å². The number of urea groups is 1. The van der Waals surface area contributed by atoms with Crippen molar-refractivity contribution in [2.75, 3.05) is 5.32 Å². The normalized spacial score (nSPS) is 12.1. The number of nitrogens with two attached hydrogens (primary N) is 3. The topological polar surface area (TPSA) is 162 Å². The summed E-state index contributed by atoms with van der Waals surface area (Å²) in [5.41, 5.74) is 18.8. The standard InChI is InChI=1S/C18H20N4O4S/c1-9-5-6-11(7-10(9)3-2-4-13(19)17(24)25)14-8-12(15(20)23)16(27-14)22-18(21)26/h2-3,5-8,13H,4,19H2,1H3,(H2,20,23)(H,24,25)(H3,21,22,26)/t13-/m0/s1. The molecule has 0 fully saturated rings. The Kier molecular flexibility index (Phi) is 6.32. The van der Waals surface area contributed by atoms with Crippen molar-refractivity contribution in [3.05, 3.63) is 47.0 Å². The third-order valence-electron chi connectivity index (χ3n) is 3.80. The summed E-state index contributed by atoms with van der Waals surface area (Å²) in [5, 5.41) is 11.5. The number of benzene rings is 1. The van der Waals surface area contributed by atoms with E-state index in [1.165, 1.54) is 11.3 Å². The molecule has 142 valence electrons. The van der Waals surface area contributed by atoms with E-state index in [9.17, 15) is 14.4 Å². The van der Waals surface area contributed by atoms with E-state index in [0.29, 0.717) is 0 Å². The molecule has 2 aromatic rings. The average Bonchev–Trinajstić information content (AvgIpc) is 2.99. The van der Waals surface area contributed by atoms with Crippen LogP contribution in [0.3, 0.4) is 0 Å². The van der Waals surface area contributed by atoms with Crippen molar-refractivity contribution in [2.24, 2.45) is 17.2 Å². The van der Waals surface area contributed by atoms with Crippen LogP contribution in [0.2, 0.25) is 0 Å². The Morgan fingerprint density at radius 3 is 2.56 bits per heavy atom. The van der Waals surface area contributed by atoms with Crippen LogP contribution < -0.4 is 22.5 Å². The van der Waals surface area contributed by atoms with E-state index in [0.717, 1.165) is 21.6 Å². The maximum absolute atomic E-state index is 11.6. The largest absolute Gasteiger partial charge is 0.480 e. The first-order chi connectivity index (χ1) is 12.7. The predicted octanol–water partition coefficient (Wildman–Crippen LogP) is 2.13. The number of carboxylic acid groups (broad SMARTS) is 1. The first-order valence-corrected chi connectivity index (χ1v) is 8.76. The van der Waals surface area contributed by atoms with Gasteiger partial charge in [0, 0.05) is 4.88 Å². The van der Waals surface area contributed by atoms with Gasteiger partial charge in [-0.3, -0.25) is 14.9 Å². The van der Waals surface area contributed by atoms with Crippen LogP contribution in [-0.4, -0.2) is 29.1 Å². The third-order valence-corrected chi connectivity index (χ3v) is 4.90. The molecule has 1 heterocycles. The zero-order valence-electron chi connectivity index (χ0n) is 14.6. The van der Waals surface area contributed by atoms with Crippen molar-refractivity contribution >= 4 is 40.3 Å². The van der Waals surface area contributed by atoms with Gasteiger partial charge in [0.25, 0.3) is 5.91 Å². The fourth-order valence-corrected chi connectivity index (χ4v) is 3.40. The van der Waals surface area contributed by atoms with E-state index in [1.807, 2.05) is 25.1 Å². The molecule has 8 nitrogen and oxygen atoms in total. The highest BCUT2D eigenvalue weighted by molar-refractivity contribution is 7.20. The number of carbonyl (C=O) groups excluding carboxylic acids is 2. The van der Waals surface area contributed by atoms with Gasteiger partial charge in [0.2, 0.25) is 0 Å². The van der Waals surface area contributed by atoms with Gasteiger partial charge in [-0.25, -0.2) is 4.79 Å². The molecule has 2 rings (SSSR count). The van der Waals surface area contributed by atoms with Gasteiger partial charge >= 0.3 is 12.0 Å². The maximum atomic E-state index is 11.6. The number of anilines is 1. The monoisotopic (exact) mass is 388 g/mol. The van der Waals surface area contributed by atoms with E-state index in [-0.39, 0.29) is 17.0 Å². The third kappa shape index (κ3) is 5.16. The van der Waals surface area contributed by atoms with Crippen molar-refractivity contribution in [1.29, 1.82) is 0 Å². The Labute approximate surface area is 159 Å². The summed E-state index contributed by atoms with van der Waals surface area (Å²) >= 11 is 1.18. The lowest BCUT2D eigenvalue weighted by atomic mass is 10.0. The molecule has 0 aliphatic heterocycles. The molecule has 0 bridgehead atoms. The molecule has 1 aromatic carbocycles. The van der Waals surface area contributed by atoms with Gasteiger partial charge in [-0.1, -0.05) is 24.3 Å². The molecule has 0 saturated heterocycles. The minimum atomic E-state index is -1.06. The van der Waals surface area contributed by atoms with Crippen LogP contribution >= 0.6 is 11.3 Å². The van der Waals surface area contributed by atoms with Crippen LogP contribution in [0.15, 0.2) is 30.3 Å². The molecular weight excluding hydrogens is 368 g/mol. The molecule has 8 N–H and O–H groups in total. The molecule has 0 spiro atoms. The zero-order chi connectivity index (χ0) is 20.1. The molecule has 0 aliphatic rings.